The number of amides is 2. The van der Waals surface area contributed by atoms with Crippen LogP contribution >= 0.6 is 34.7 Å². The molecule has 10 heteroatoms. The minimum Gasteiger partial charge on any atom is -0.374 e. The quantitative estimate of drug-likeness (QED) is 0.517. The summed E-state index contributed by atoms with van der Waals surface area (Å²) in [6, 6.07) is 13.4. The lowest BCUT2D eigenvalue weighted by Gasteiger charge is -2.33. The second-order valence-corrected chi connectivity index (χ2v) is 8.95. The molecule has 1 aromatic heterocycles. The molecule has 1 saturated heterocycles. The van der Waals surface area contributed by atoms with Crippen molar-refractivity contribution in [3.05, 3.63) is 69.0 Å². The van der Waals surface area contributed by atoms with Crippen LogP contribution in [-0.2, 0) is 17.8 Å². The Balaban J connectivity index is 1.19. The number of nitrogens with zero attached hydrogens (tertiary/aromatic N) is 3. The van der Waals surface area contributed by atoms with E-state index in [1.165, 1.54) is 11.5 Å². The highest BCUT2D eigenvalue weighted by molar-refractivity contribution is 7.03. The van der Waals surface area contributed by atoms with Crippen molar-refractivity contribution in [2.24, 2.45) is 0 Å². The molecule has 2 N–H and O–H groups in total. The van der Waals surface area contributed by atoms with Crippen molar-refractivity contribution in [2.75, 3.05) is 26.2 Å². The summed E-state index contributed by atoms with van der Waals surface area (Å²) >= 11 is 13.4. The summed E-state index contributed by atoms with van der Waals surface area (Å²) in [5.41, 5.74) is 3.97. The second kappa shape index (κ2) is 11.1. The average Bonchev–Trinajstić information content (AvgIpc) is 3.34. The minimum atomic E-state index is -0.219. The molecule has 1 atom stereocenters. The van der Waals surface area contributed by atoms with E-state index in [0.29, 0.717) is 29.7 Å². The zero-order chi connectivity index (χ0) is 22.3. The SMILES string of the molecule is O=C(NCc1ccc(-c2csnn2)cc1)NCC1CN(Cc2ccc(Cl)c(Cl)c2)CCO1. The molecule has 0 aliphatic carbocycles. The number of rotatable bonds is 7. The maximum Gasteiger partial charge on any atom is 0.315 e. The molecule has 0 radical (unpaired) electrons. The van der Waals surface area contributed by atoms with E-state index in [-0.39, 0.29) is 12.1 Å². The first-order valence-corrected chi connectivity index (χ1v) is 11.8. The van der Waals surface area contributed by atoms with Crippen molar-refractivity contribution in [3.8, 4) is 11.3 Å². The maximum absolute atomic E-state index is 12.2. The fourth-order valence-corrected chi connectivity index (χ4v) is 4.26. The van der Waals surface area contributed by atoms with Crippen molar-refractivity contribution >= 4 is 40.8 Å². The van der Waals surface area contributed by atoms with Gasteiger partial charge in [0.05, 0.1) is 22.8 Å². The van der Waals surface area contributed by atoms with Crippen LogP contribution in [-0.4, -0.2) is 52.9 Å². The van der Waals surface area contributed by atoms with Crippen molar-refractivity contribution in [2.45, 2.75) is 19.2 Å². The summed E-state index contributed by atoms with van der Waals surface area (Å²) < 4.78 is 9.68. The Labute approximate surface area is 200 Å². The minimum absolute atomic E-state index is 0.0664. The lowest BCUT2D eigenvalue weighted by Crippen LogP contribution is -2.48. The summed E-state index contributed by atoms with van der Waals surface area (Å²) in [5, 5.41) is 12.9. The van der Waals surface area contributed by atoms with Crippen molar-refractivity contribution in [1.82, 2.24) is 25.1 Å². The van der Waals surface area contributed by atoms with Gasteiger partial charge in [-0.1, -0.05) is 58.0 Å². The largest absolute Gasteiger partial charge is 0.374 e. The number of halogens is 2. The predicted molar refractivity (Wildman–Crippen MR) is 127 cm³/mol. The first-order valence-electron chi connectivity index (χ1n) is 10.2. The fourth-order valence-electron chi connectivity index (χ4n) is 3.48. The molecular weight excluding hydrogens is 469 g/mol. The number of carbonyl (C=O) groups is 1. The molecule has 1 unspecified atom stereocenters. The van der Waals surface area contributed by atoms with E-state index in [9.17, 15) is 4.79 Å². The lowest BCUT2D eigenvalue weighted by molar-refractivity contribution is -0.0287. The van der Waals surface area contributed by atoms with Gasteiger partial charge in [-0.2, -0.15) is 0 Å². The predicted octanol–water partition coefficient (Wildman–Crippen LogP) is 4.21. The van der Waals surface area contributed by atoms with Crippen molar-refractivity contribution in [1.29, 1.82) is 0 Å². The van der Waals surface area contributed by atoms with Gasteiger partial charge in [-0.05, 0) is 34.8 Å². The molecule has 4 rings (SSSR count). The van der Waals surface area contributed by atoms with Gasteiger partial charge in [0.25, 0.3) is 0 Å². The molecule has 1 aliphatic heterocycles. The summed E-state index contributed by atoms with van der Waals surface area (Å²) in [4.78, 5) is 14.5. The molecule has 1 aliphatic rings. The Kier molecular flexibility index (Phi) is 7.94. The number of aromatic nitrogens is 2. The first-order chi connectivity index (χ1) is 15.6. The van der Waals surface area contributed by atoms with Crippen molar-refractivity contribution < 1.29 is 9.53 Å². The molecule has 32 heavy (non-hydrogen) atoms. The van der Waals surface area contributed by atoms with Crippen molar-refractivity contribution in [3.63, 3.8) is 0 Å². The number of nitrogens with one attached hydrogen (secondary N) is 2. The van der Waals surface area contributed by atoms with Crippen LogP contribution in [0.25, 0.3) is 11.3 Å². The smallest absolute Gasteiger partial charge is 0.315 e. The van der Waals surface area contributed by atoms with E-state index in [2.05, 4.69) is 25.1 Å². The van der Waals surface area contributed by atoms with Gasteiger partial charge in [0.2, 0.25) is 0 Å². The lowest BCUT2D eigenvalue weighted by atomic mass is 10.1. The Morgan fingerprint density at radius 2 is 1.94 bits per heavy atom. The van der Waals surface area contributed by atoms with E-state index < -0.39 is 0 Å². The van der Waals surface area contributed by atoms with Gasteiger partial charge < -0.3 is 15.4 Å². The summed E-state index contributed by atoms with van der Waals surface area (Å²) in [6.45, 7) is 3.82. The summed E-state index contributed by atoms with van der Waals surface area (Å²) in [6.07, 6.45) is -0.0664. The molecule has 0 bridgehead atoms. The zero-order valence-electron chi connectivity index (χ0n) is 17.3. The highest BCUT2D eigenvalue weighted by Gasteiger charge is 2.21. The third kappa shape index (κ3) is 6.40. The third-order valence-corrected chi connectivity index (χ3v) is 6.41. The number of ether oxygens (including phenoxy) is 1. The number of carbonyl (C=O) groups excluding carboxylic acids is 1. The average molecular weight is 492 g/mol. The van der Waals surface area contributed by atoms with Crippen LogP contribution in [0.5, 0.6) is 0 Å². The van der Waals surface area contributed by atoms with Gasteiger partial charge >= 0.3 is 6.03 Å². The van der Waals surface area contributed by atoms with Crippen LogP contribution in [0.2, 0.25) is 10.0 Å². The number of morpholine rings is 1. The molecule has 2 aromatic carbocycles. The van der Waals surface area contributed by atoms with E-state index in [1.54, 1.807) is 0 Å². The molecule has 2 heterocycles. The number of benzene rings is 2. The Bertz CT molecular complexity index is 1030. The Morgan fingerprint density at radius 3 is 2.69 bits per heavy atom. The van der Waals surface area contributed by atoms with Crippen LogP contribution in [0.15, 0.2) is 47.8 Å². The standard InChI is InChI=1S/C22H23Cl2N5O2S/c23-19-6-3-16(9-20(19)24)12-29-7-8-31-18(13-29)11-26-22(30)25-10-15-1-4-17(5-2-15)21-14-32-28-27-21/h1-6,9,14,18H,7-8,10-13H2,(H2,25,26,30). The van der Waals surface area contributed by atoms with Crippen LogP contribution in [0.3, 0.4) is 0 Å². The molecule has 1 fully saturated rings. The number of urea groups is 1. The Morgan fingerprint density at radius 1 is 1.12 bits per heavy atom. The van der Waals surface area contributed by atoms with Gasteiger partial charge in [-0.3, -0.25) is 4.90 Å². The number of hydrogen-bond acceptors (Lipinski definition) is 6. The summed E-state index contributed by atoms with van der Waals surface area (Å²) in [5.74, 6) is 0. The van der Waals surface area contributed by atoms with Gasteiger partial charge in [0.15, 0.2) is 0 Å². The van der Waals surface area contributed by atoms with Gasteiger partial charge in [-0.15, -0.1) is 5.10 Å². The van der Waals surface area contributed by atoms with E-state index in [1.807, 2.05) is 47.8 Å². The monoisotopic (exact) mass is 491 g/mol. The number of hydrogen-bond donors (Lipinski definition) is 2. The van der Waals surface area contributed by atoms with Crippen LogP contribution < -0.4 is 10.6 Å². The van der Waals surface area contributed by atoms with Crippen LogP contribution in [0.4, 0.5) is 4.79 Å². The molecular formula is C22H23Cl2N5O2S. The molecule has 0 spiro atoms. The topological polar surface area (TPSA) is 79.4 Å². The third-order valence-electron chi connectivity index (χ3n) is 5.17. The van der Waals surface area contributed by atoms with Crippen LogP contribution in [0, 0.1) is 0 Å². The van der Waals surface area contributed by atoms with Gasteiger partial charge in [-0.25, -0.2) is 4.79 Å². The maximum atomic E-state index is 12.2. The van der Waals surface area contributed by atoms with E-state index in [0.717, 1.165) is 42.0 Å². The van der Waals surface area contributed by atoms with E-state index in [4.69, 9.17) is 27.9 Å². The summed E-state index contributed by atoms with van der Waals surface area (Å²) in [7, 11) is 0. The highest BCUT2D eigenvalue weighted by atomic mass is 35.5. The molecule has 168 valence electrons. The van der Waals surface area contributed by atoms with Gasteiger partial charge in [0, 0.05) is 43.7 Å². The Hall–Kier alpha value is -2.23. The molecule has 7 nitrogen and oxygen atoms in total. The first kappa shape index (κ1) is 22.9. The van der Waals surface area contributed by atoms with E-state index >= 15 is 0 Å². The normalized spacial score (nSPS) is 16.6. The van der Waals surface area contributed by atoms with Gasteiger partial charge in [0.1, 0.15) is 5.69 Å². The second-order valence-electron chi connectivity index (χ2n) is 7.53. The van der Waals surface area contributed by atoms with Crippen LogP contribution in [0.1, 0.15) is 11.1 Å². The fraction of sp³-hybridized carbons (Fsp3) is 0.318. The molecule has 0 saturated carbocycles. The molecule has 3 aromatic rings. The zero-order valence-corrected chi connectivity index (χ0v) is 19.6. The molecule has 2 amide bonds. The highest BCUT2D eigenvalue weighted by Crippen LogP contribution is 2.23.